The van der Waals surface area contributed by atoms with E-state index in [0.717, 1.165) is 11.1 Å². The number of hydrogen-bond acceptors (Lipinski definition) is 4. The van der Waals surface area contributed by atoms with E-state index in [9.17, 15) is 9.59 Å². The average molecular weight is 455 g/mol. The number of ether oxygens (including phenoxy) is 2. The van der Waals surface area contributed by atoms with Gasteiger partial charge in [-0.05, 0) is 56.9 Å². The van der Waals surface area contributed by atoms with E-state index < -0.39 is 0 Å². The number of nitrogens with zero attached hydrogens (tertiary/aromatic N) is 1. The van der Waals surface area contributed by atoms with Gasteiger partial charge in [0.2, 0.25) is 0 Å². The highest BCUT2D eigenvalue weighted by Gasteiger charge is 2.34. The van der Waals surface area contributed by atoms with Gasteiger partial charge in [-0.3, -0.25) is 15.0 Å². The molecule has 2 amide bonds. The molecule has 0 fully saturated rings. The molecule has 2 rings (SSSR count). The Kier molecular flexibility index (Phi) is 9.06. The molecule has 0 aliphatic heterocycles. The van der Waals surface area contributed by atoms with Gasteiger partial charge in [0.1, 0.15) is 12.4 Å². The van der Waals surface area contributed by atoms with Gasteiger partial charge in [-0.15, -0.1) is 0 Å². The summed E-state index contributed by atoms with van der Waals surface area (Å²) in [6.07, 6.45) is 0.694. The van der Waals surface area contributed by atoms with Crippen molar-refractivity contribution in [3.05, 3.63) is 64.2 Å². The fourth-order valence-corrected chi connectivity index (χ4v) is 4.11. The molecule has 6 heteroatoms. The molecule has 0 aliphatic rings. The molecule has 0 saturated carbocycles. The van der Waals surface area contributed by atoms with Gasteiger partial charge < -0.3 is 9.47 Å². The van der Waals surface area contributed by atoms with Gasteiger partial charge >= 0.3 is 0 Å². The summed E-state index contributed by atoms with van der Waals surface area (Å²) in [4.78, 5) is 27.1. The molecule has 0 heterocycles. The van der Waals surface area contributed by atoms with E-state index in [1.54, 1.807) is 19.2 Å². The summed E-state index contributed by atoms with van der Waals surface area (Å²) in [6.45, 7) is 14.9. The molecule has 180 valence electrons. The summed E-state index contributed by atoms with van der Waals surface area (Å²) < 4.78 is 10.8. The van der Waals surface area contributed by atoms with Crippen molar-refractivity contribution >= 4 is 11.8 Å². The van der Waals surface area contributed by atoms with Crippen LogP contribution >= 0.6 is 0 Å². The lowest BCUT2D eigenvalue weighted by Crippen LogP contribution is -2.56. The van der Waals surface area contributed by atoms with Crippen LogP contribution in [0.2, 0.25) is 0 Å². The van der Waals surface area contributed by atoms with Crippen LogP contribution in [0.3, 0.4) is 0 Å². The SMILES string of the molecule is CC[C@@H](N(NC(=O)c1cccc(OCCOC)c1C)C(=O)c1cc(C)cc(C)c1)C(C)(C)C. The molecular formula is C27H38N2O4. The van der Waals surface area contributed by atoms with E-state index in [-0.39, 0.29) is 23.3 Å². The predicted molar refractivity (Wildman–Crippen MR) is 132 cm³/mol. The Bertz CT molecular complexity index is 958. The number of hydrogen-bond donors (Lipinski definition) is 1. The maximum Gasteiger partial charge on any atom is 0.272 e. The topological polar surface area (TPSA) is 67.9 Å². The predicted octanol–water partition coefficient (Wildman–Crippen LogP) is 5.25. The van der Waals surface area contributed by atoms with Gasteiger partial charge in [-0.2, -0.15) is 0 Å². The summed E-state index contributed by atoms with van der Waals surface area (Å²) in [5, 5.41) is 1.51. The van der Waals surface area contributed by atoms with E-state index in [0.29, 0.717) is 42.1 Å². The number of carbonyl (C=O) groups excluding carboxylic acids is 2. The molecule has 1 atom stereocenters. The zero-order valence-electron chi connectivity index (χ0n) is 21.2. The Balaban J connectivity index is 2.42. The van der Waals surface area contributed by atoms with Crippen LogP contribution in [0.25, 0.3) is 0 Å². The van der Waals surface area contributed by atoms with Gasteiger partial charge in [0.25, 0.3) is 11.8 Å². The number of amides is 2. The Hall–Kier alpha value is -2.86. The van der Waals surface area contributed by atoms with Crippen LogP contribution in [0.5, 0.6) is 5.75 Å². The van der Waals surface area contributed by atoms with Crippen molar-refractivity contribution in [3.63, 3.8) is 0 Å². The quantitative estimate of drug-likeness (QED) is 0.437. The molecule has 6 nitrogen and oxygen atoms in total. The second kappa shape index (κ2) is 11.3. The summed E-state index contributed by atoms with van der Waals surface area (Å²) >= 11 is 0. The molecule has 0 bridgehead atoms. The normalized spacial score (nSPS) is 12.2. The number of carbonyl (C=O) groups is 2. The number of hydrazine groups is 1. The van der Waals surface area contributed by atoms with E-state index >= 15 is 0 Å². The standard InChI is InChI=1S/C27H38N2O4/c1-9-24(27(5,6)7)29(26(31)21-16-18(2)15-19(3)17-21)28-25(30)22-11-10-12-23(20(22)4)33-14-13-32-8/h10-12,15-17,24H,9,13-14H2,1-8H3,(H,28,30)/t24-/m1/s1. The number of nitrogens with one attached hydrogen (secondary N) is 1. The maximum absolute atomic E-state index is 13.7. The van der Waals surface area contributed by atoms with Crippen molar-refractivity contribution in [2.75, 3.05) is 20.3 Å². The number of rotatable bonds is 8. The van der Waals surface area contributed by atoms with Gasteiger partial charge in [0.15, 0.2) is 0 Å². The monoisotopic (exact) mass is 454 g/mol. The molecule has 0 unspecified atom stereocenters. The molecule has 0 spiro atoms. The third-order valence-electron chi connectivity index (χ3n) is 5.68. The first-order valence-electron chi connectivity index (χ1n) is 11.4. The van der Waals surface area contributed by atoms with Crippen molar-refractivity contribution in [2.24, 2.45) is 5.41 Å². The van der Waals surface area contributed by atoms with Crippen LogP contribution in [-0.2, 0) is 4.74 Å². The maximum atomic E-state index is 13.7. The van der Waals surface area contributed by atoms with Crippen molar-refractivity contribution in [1.29, 1.82) is 0 Å². The lowest BCUT2D eigenvalue weighted by Gasteiger charge is -2.39. The summed E-state index contributed by atoms with van der Waals surface area (Å²) in [5.74, 6) is 0.0574. The molecule has 0 radical (unpaired) electrons. The summed E-state index contributed by atoms with van der Waals surface area (Å²) in [5.41, 5.74) is 6.44. The van der Waals surface area contributed by atoms with Gasteiger partial charge in [-0.25, -0.2) is 5.01 Å². The van der Waals surface area contributed by atoms with E-state index in [1.165, 1.54) is 5.01 Å². The molecule has 2 aromatic rings. The second-order valence-electron chi connectivity index (χ2n) is 9.55. The Morgan fingerprint density at radius 3 is 2.21 bits per heavy atom. The first-order chi connectivity index (χ1) is 15.5. The molecule has 33 heavy (non-hydrogen) atoms. The van der Waals surface area contributed by atoms with Crippen molar-refractivity contribution in [1.82, 2.24) is 10.4 Å². The molecule has 2 aromatic carbocycles. The zero-order valence-corrected chi connectivity index (χ0v) is 21.2. The van der Waals surface area contributed by atoms with Crippen LogP contribution in [0.1, 0.15) is 71.5 Å². The zero-order chi connectivity index (χ0) is 24.8. The van der Waals surface area contributed by atoms with Crippen LogP contribution in [0.15, 0.2) is 36.4 Å². The number of methoxy groups -OCH3 is 1. The first kappa shape index (κ1) is 26.4. The Morgan fingerprint density at radius 2 is 1.67 bits per heavy atom. The van der Waals surface area contributed by atoms with Crippen LogP contribution in [0, 0.1) is 26.2 Å². The lowest BCUT2D eigenvalue weighted by atomic mass is 9.84. The highest BCUT2D eigenvalue weighted by molar-refractivity contribution is 6.00. The second-order valence-corrected chi connectivity index (χ2v) is 9.55. The molecule has 0 aromatic heterocycles. The highest BCUT2D eigenvalue weighted by Crippen LogP contribution is 2.28. The minimum Gasteiger partial charge on any atom is -0.491 e. The van der Waals surface area contributed by atoms with Crippen LogP contribution in [-0.4, -0.2) is 43.2 Å². The largest absolute Gasteiger partial charge is 0.491 e. The minimum atomic E-state index is -0.342. The molecule has 0 saturated heterocycles. The van der Waals surface area contributed by atoms with Crippen LogP contribution in [0.4, 0.5) is 0 Å². The Morgan fingerprint density at radius 1 is 1.03 bits per heavy atom. The molecule has 0 aliphatic carbocycles. The minimum absolute atomic E-state index is 0.198. The molecule has 1 N–H and O–H groups in total. The van der Waals surface area contributed by atoms with Crippen molar-refractivity contribution < 1.29 is 19.1 Å². The van der Waals surface area contributed by atoms with Crippen molar-refractivity contribution in [2.45, 2.75) is 60.9 Å². The van der Waals surface area contributed by atoms with E-state index in [1.807, 2.05) is 52.0 Å². The van der Waals surface area contributed by atoms with Crippen molar-refractivity contribution in [3.8, 4) is 5.75 Å². The molecular weight excluding hydrogens is 416 g/mol. The van der Waals surface area contributed by atoms with E-state index in [4.69, 9.17) is 9.47 Å². The van der Waals surface area contributed by atoms with Gasteiger partial charge in [-0.1, -0.05) is 51.0 Å². The third-order valence-corrected chi connectivity index (χ3v) is 5.68. The smallest absolute Gasteiger partial charge is 0.272 e. The lowest BCUT2D eigenvalue weighted by molar-refractivity contribution is 0.0284. The number of aryl methyl sites for hydroxylation is 2. The summed E-state index contributed by atoms with van der Waals surface area (Å²) in [6, 6.07) is 10.9. The highest BCUT2D eigenvalue weighted by atomic mass is 16.5. The van der Waals surface area contributed by atoms with E-state index in [2.05, 4.69) is 26.2 Å². The van der Waals surface area contributed by atoms with Crippen LogP contribution < -0.4 is 10.2 Å². The third kappa shape index (κ3) is 6.81. The fraction of sp³-hybridized carbons (Fsp3) is 0.481. The average Bonchev–Trinajstić information content (AvgIpc) is 2.72. The number of benzene rings is 2. The van der Waals surface area contributed by atoms with Gasteiger partial charge in [0, 0.05) is 23.8 Å². The first-order valence-corrected chi connectivity index (χ1v) is 11.4. The Labute approximate surface area is 198 Å². The van der Waals surface area contributed by atoms with Gasteiger partial charge in [0.05, 0.1) is 12.6 Å². The fourth-order valence-electron chi connectivity index (χ4n) is 4.11. The summed E-state index contributed by atoms with van der Waals surface area (Å²) in [7, 11) is 1.61.